The lowest BCUT2D eigenvalue weighted by molar-refractivity contribution is -0.145. The van der Waals surface area contributed by atoms with E-state index in [0.29, 0.717) is 26.2 Å². The number of nitrogens with zero attached hydrogens (tertiary/aromatic N) is 1. The zero-order chi connectivity index (χ0) is 34.1. The minimum Gasteiger partial charge on any atom is -0.374 e. The summed E-state index contributed by atoms with van der Waals surface area (Å²) >= 11 is 0. The Bertz CT molecular complexity index is 1350. The molecule has 47 heavy (non-hydrogen) atoms. The number of nitrogens with two attached hydrogens (primary N) is 1. The normalized spacial score (nSPS) is 25.6. The van der Waals surface area contributed by atoms with Crippen molar-refractivity contribution in [3.8, 4) is 0 Å². The second-order valence-corrected chi connectivity index (χ2v) is 16.1. The minimum atomic E-state index is -1.08. The van der Waals surface area contributed by atoms with Gasteiger partial charge in [-0.05, 0) is 53.4 Å². The molecule has 4 aliphatic rings. The van der Waals surface area contributed by atoms with Crippen molar-refractivity contribution in [2.75, 3.05) is 13.2 Å². The zero-order valence-corrected chi connectivity index (χ0v) is 28.6. The molecule has 0 radical (unpaired) electrons. The number of Topliss-reactive ketones (excluding diaryl/α,β-unsaturated/α-hetero) is 1. The van der Waals surface area contributed by atoms with Crippen LogP contribution in [-0.4, -0.2) is 71.3 Å². The van der Waals surface area contributed by atoms with E-state index in [9.17, 15) is 24.0 Å². The Labute approximate surface area is 278 Å². The molecule has 0 aromatic heterocycles. The molecule has 1 aromatic carbocycles. The first-order valence-electron chi connectivity index (χ1n) is 17.3. The molecule has 1 unspecified atom stereocenters. The van der Waals surface area contributed by atoms with E-state index in [1.54, 1.807) is 4.90 Å². The molecule has 3 aliphatic carbocycles. The maximum atomic E-state index is 14.4. The Morgan fingerprint density at radius 1 is 1.00 bits per heavy atom. The molecule has 0 bridgehead atoms. The monoisotopic (exact) mass is 651 g/mol. The van der Waals surface area contributed by atoms with Gasteiger partial charge in [0.05, 0.1) is 24.8 Å². The topological polar surface area (TPSA) is 160 Å². The van der Waals surface area contributed by atoms with E-state index in [0.717, 1.165) is 50.5 Å². The number of amides is 5. The number of hydrogen-bond acceptors (Lipinski definition) is 6. The summed E-state index contributed by atoms with van der Waals surface area (Å²) in [6, 6.07) is 6.72. The van der Waals surface area contributed by atoms with Crippen LogP contribution in [0.4, 0.5) is 4.79 Å². The van der Waals surface area contributed by atoms with Crippen molar-refractivity contribution in [3.63, 3.8) is 0 Å². The van der Waals surface area contributed by atoms with Gasteiger partial charge < -0.3 is 31.3 Å². The number of ether oxygens (including phenoxy) is 1. The van der Waals surface area contributed by atoms with Gasteiger partial charge in [-0.2, -0.15) is 0 Å². The lowest BCUT2D eigenvalue weighted by Gasteiger charge is -2.40. The van der Waals surface area contributed by atoms with Crippen molar-refractivity contribution in [3.05, 3.63) is 35.9 Å². The first-order valence-corrected chi connectivity index (χ1v) is 17.3. The highest BCUT2D eigenvalue weighted by molar-refractivity contribution is 6.37. The Morgan fingerprint density at radius 3 is 2.26 bits per heavy atom. The van der Waals surface area contributed by atoms with Gasteiger partial charge in [-0.1, -0.05) is 97.1 Å². The van der Waals surface area contributed by atoms with Crippen LogP contribution in [0.25, 0.3) is 0 Å². The highest BCUT2D eigenvalue weighted by Gasteiger charge is 2.70. The first-order chi connectivity index (χ1) is 22.1. The molecule has 258 valence electrons. The van der Waals surface area contributed by atoms with Crippen LogP contribution in [0.3, 0.4) is 0 Å². The first kappa shape index (κ1) is 34.9. The Morgan fingerprint density at radius 2 is 1.66 bits per heavy atom. The van der Waals surface area contributed by atoms with E-state index in [1.165, 1.54) is 0 Å². The smallest absolute Gasteiger partial charge is 0.315 e. The van der Waals surface area contributed by atoms with Gasteiger partial charge in [0.25, 0.3) is 5.91 Å². The van der Waals surface area contributed by atoms with E-state index >= 15 is 0 Å². The van der Waals surface area contributed by atoms with Crippen LogP contribution in [0.5, 0.6) is 0 Å². The minimum absolute atomic E-state index is 0.0987. The fourth-order valence-electron chi connectivity index (χ4n) is 7.86. The van der Waals surface area contributed by atoms with Gasteiger partial charge in [0.15, 0.2) is 0 Å². The number of piperidine rings is 1. The molecule has 1 aliphatic heterocycles. The quantitative estimate of drug-likeness (QED) is 0.239. The molecule has 0 spiro atoms. The molecule has 5 N–H and O–H groups in total. The summed E-state index contributed by atoms with van der Waals surface area (Å²) in [4.78, 5) is 68.0. The van der Waals surface area contributed by atoms with E-state index in [4.69, 9.17) is 10.5 Å². The summed E-state index contributed by atoms with van der Waals surface area (Å²) in [6.07, 6.45) is 6.83. The van der Waals surface area contributed by atoms with Gasteiger partial charge in [0.1, 0.15) is 12.1 Å². The fourth-order valence-corrected chi connectivity index (χ4v) is 7.86. The largest absolute Gasteiger partial charge is 0.374 e. The number of rotatable bonds is 13. The van der Waals surface area contributed by atoms with Gasteiger partial charge in [0, 0.05) is 6.54 Å². The summed E-state index contributed by atoms with van der Waals surface area (Å²) < 4.78 is 6.12. The van der Waals surface area contributed by atoms with Crippen LogP contribution in [0, 0.1) is 28.6 Å². The van der Waals surface area contributed by atoms with Gasteiger partial charge in [-0.25, -0.2) is 4.79 Å². The maximum Gasteiger partial charge on any atom is 0.315 e. The third kappa shape index (κ3) is 7.99. The highest BCUT2D eigenvalue weighted by Crippen LogP contribution is 2.65. The number of hydrogen-bond donors (Lipinski definition) is 4. The zero-order valence-electron chi connectivity index (χ0n) is 28.6. The maximum absolute atomic E-state index is 14.4. The summed E-state index contributed by atoms with van der Waals surface area (Å²) in [7, 11) is 0. The molecule has 5 rings (SSSR count). The average molecular weight is 652 g/mol. The molecule has 1 aromatic rings. The predicted molar refractivity (Wildman–Crippen MR) is 177 cm³/mol. The molecule has 5 amide bonds. The third-order valence-electron chi connectivity index (χ3n) is 11.0. The number of carbonyl (C=O) groups is 5. The lowest BCUT2D eigenvalue weighted by atomic mass is 9.82. The van der Waals surface area contributed by atoms with Crippen LogP contribution < -0.4 is 21.7 Å². The van der Waals surface area contributed by atoms with Crippen molar-refractivity contribution in [2.45, 2.75) is 116 Å². The Balaban J connectivity index is 1.29. The van der Waals surface area contributed by atoms with E-state index in [1.807, 2.05) is 51.1 Å². The van der Waals surface area contributed by atoms with Gasteiger partial charge in [-0.15, -0.1) is 0 Å². The standard InChI is InChI=1S/C36H53N5O6/c1-34(2,3)29(39-33(46)40-36(16-10-7-11-17-36)21-47-20-23-12-8-6-9-13-23)32(45)41-19-24-26(35(24,4)5)27(41)31(44)38-25(18-22-14-15-22)28(42)30(37)43/h6,8-9,12-13,22,24-27,29H,7,10-11,14-21H2,1-5H3,(H2,37,43)(H,38,44)(H2,39,40,46)/t24-,25?,26-,27-,29+/m0/s1. The second kappa shape index (κ2) is 13.6. The molecule has 1 heterocycles. The van der Waals surface area contributed by atoms with Crippen LogP contribution >= 0.6 is 0 Å². The number of nitrogens with one attached hydrogen (secondary N) is 3. The van der Waals surface area contributed by atoms with E-state index < -0.39 is 52.7 Å². The summed E-state index contributed by atoms with van der Waals surface area (Å²) in [6.45, 7) is 11.0. The molecule has 5 atom stereocenters. The molecular formula is C36H53N5O6. The molecule has 11 nitrogen and oxygen atoms in total. The van der Waals surface area contributed by atoms with Gasteiger partial charge in [-0.3, -0.25) is 19.2 Å². The van der Waals surface area contributed by atoms with Crippen molar-refractivity contribution < 1.29 is 28.7 Å². The number of ketones is 1. The van der Waals surface area contributed by atoms with Crippen LogP contribution in [0.2, 0.25) is 0 Å². The average Bonchev–Trinajstić information content (AvgIpc) is 3.86. The number of likely N-dealkylation sites (tertiary alicyclic amines) is 1. The third-order valence-corrected chi connectivity index (χ3v) is 11.0. The van der Waals surface area contributed by atoms with Crippen LogP contribution in [0.1, 0.15) is 91.5 Å². The summed E-state index contributed by atoms with van der Waals surface area (Å²) in [5, 5.41) is 8.99. The SMILES string of the molecule is CC(C)(C)[C@H](NC(=O)NC1(COCc2ccccc2)CCCCC1)C(=O)N1C[C@H]2[C@@H]([C@H]1C(=O)NC(CC1CC1)C(=O)C(N)=O)C2(C)C. The number of carbonyl (C=O) groups excluding carboxylic acids is 5. The number of urea groups is 1. The molecule has 11 heteroatoms. The Kier molecular flexibility index (Phi) is 10.1. The van der Waals surface area contributed by atoms with Crippen molar-refractivity contribution >= 4 is 29.5 Å². The lowest BCUT2D eigenvalue weighted by Crippen LogP contribution is -2.63. The van der Waals surface area contributed by atoms with E-state index in [2.05, 4.69) is 29.8 Å². The molecular weight excluding hydrogens is 598 g/mol. The van der Waals surface area contributed by atoms with Crippen LogP contribution in [0.15, 0.2) is 30.3 Å². The van der Waals surface area contributed by atoms with Crippen molar-refractivity contribution in [1.82, 2.24) is 20.9 Å². The Hall–Kier alpha value is -3.47. The predicted octanol–water partition coefficient (Wildman–Crippen LogP) is 3.44. The highest BCUT2D eigenvalue weighted by atomic mass is 16.5. The molecule has 1 saturated heterocycles. The fraction of sp³-hybridized carbons (Fsp3) is 0.694. The van der Waals surface area contributed by atoms with Crippen LogP contribution in [-0.2, 0) is 30.5 Å². The van der Waals surface area contributed by atoms with E-state index in [-0.39, 0.29) is 29.1 Å². The summed E-state index contributed by atoms with van der Waals surface area (Å²) in [5.41, 5.74) is 5.01. The number of benzene rings is 1. The number of fused-ring (bicyclic) bond motifs is 1. The van der Waals surface area contributed by atoms with Gasteiger partial charge >= 0.3 is 6.03 Å². The van der Waals surface area contributed by atoms with Crippen molar-refractivity contribution in [1.29, 1.82) is 0 Å². The van der Waals surface area contributed by atoms with Crippen molar-refractivity contribution in [2.24, 2.45) is 34.3 Å². The molecule has 4 fully saturated rings. The summed E-state index contributed by atoms with van der Waals surface area (Å²) in [5.74, 6) is -2.42. The van der Waals surface area contributed by atoms with Gasteiger partial charge in [0.2, 0.25) is 17.6 Å². The second-order valence-electron chi connectivity index (χ2n) is 16.1. The molecule has 3 saturated carbocycles. The number of primary amides is 1.